The van der Waals surface area contributed by atoms with Crippen molar-refractivity contribution in [2.45, 2.75) is 27.2 Å². The fraction of sp³-hybridized carbons (Fsp3) is 0.189. The fourth-order valence-electron chi connectivity index (χ4n) is 5.25. The van der Waals surface area contributed by atoms with E-state index in [2.05, 4.69) is 42.4 Å². The van der Waals surface area contributed by atoms with Crippen molar-refractivity contribution in [3.63, 3.8) is 0 Å². The minimum atomic E-state index is 0. The van der Waals surface area contributed by atoms with Gasteiger partial charge in [0, 0.05) is 35.5 Å². The van der Waals surface area contributed by atoms with E-state index in [1.165, 1.54) is 0 Å². The summed E-state index contributed by atoms with van der Waals surface area (Å²) in [6.07, 6.45) is 16.7. The molecule has 0 unspecified atom stereocenters. The van der Waals surface area contributed by atoms with Crippen LogP contribution in [0.1, 0.15) is 43.5 Å². The Morgan fingerprint density at radius 3 is 2.33 bits per heavy atom. The molecule has 0 saturated heterocycles. The Morgan fingerprint density at radius 1 is 0.870 bits per heavy atom. The van der Waals surface area contributed by atoms with Crippen molar-refractivity contribution in [2.75, 3.05) is 14.1 Å². The van der Waals surface area contributed by atoms with E-state index in [1.807, 2.05) is 86.1 Å². The normalized spacial score (nSPS) is 13.5. The molecule has 2 aromatic carbocycles. The molecule has 3 heterocycles. The number of rotatable bonds is 3. The monoisotopic (exact) mass is 653 g/mol. The van der Waals surface area contributed by atoms with Crippen molar-refractivity contribution in [2.24, 2.45) is 10.9 Å². The van der Waals surface area contributed by atoms with E-state index in [-0.39, 0.29) is 17.1 Å². The molecule has 2 aliphatic rings. The first-order valence-electron chi connectivity index (χ1n) is 15.0. The van der Waals surface area contributed by atoms with Crippen molar-refractivity contribution in [3.05, 3.63) is 125 Å². The summed E-state index contributed by atoms with van der Waals surface area (Å²) in [4.78, 5) is 34.2. The molecule has 1 aliphatic heterocycles. The van der Waals surface area contributed by atoms with Crippen molar-refractivity contribution >= 4 is 55.9 Å². The van der Waals surface area contributed by atoms with Gasteiger partial charge in [-0.25, -0.2) is 9.97 Å². The second-order valence-corrected chi connectivity index (χ2v) is 11.1. The summed E-state index contributed by atoms with van der Waals surface area (Å²) >= 11 is 0. The number of hydrogen-bond donors (Lipinski definition) is 0. The van der Waals surface area contributed by atoms with Gasteiger partial charge in [0.05, 0.1) is 11.6 Å². The van der Waals surface area contributed by atoms with Gasteiger partial charge in [-0.2, -0.15) is 0 Å². The van der Waals surface area contributed by atoms with Crippen LogP contribution >= 0.6 is 0 Å². The van der Waals surface area contributed by atoms with Crippen LogP contribution < -0.4 is 10.5 Å². The van der Waals surface area contributed by atoms with E-state index in [1.54, 1.807) is 14.1 Å². The second kappa shape index (κ2) is 14.4. The third-order valence-electron chi connectivity index (χ3n) is 7.62. The number of allylic oxidation sites excluding steroid dienone is 7. The molecule has 1 aliphatic carbocycles. The Labute approximate surface area is 279 Å². The summed E-state index contributed by atoms with van der Waals surface area (Å²) < 4.78 is 0. The fourth-order valence-corrected chi connectivity index (χ4v) is 5.25. The molecule has 1 radical (unpaired) electrons. The SMILES string of the molecule is CN=c1ncc2ccccc2c([N-]C)nc2nc(nc3[n-]c(ncc4ccccc14)c1c3C=CC=CC1)C(C)=C2/C=C\C(C)C.[Cu+2]. The van der Waals surface area contributed by atoms with Crippen LogP contribution in [-0.2, 0) is 23.5 Å². The standard InChI is InChI=1S/C37H34N8.Cu/c1-23(2)19-20-27-24(3)32-42-36(27)44-34(39-5)29-16-12-10-14-26(29)21-40-33(38-4)28-15-11-9-13-25(28)22-41-35-30-17-7-6-8-18-31(30)37(43-32)45-35;/h6-16,18-23H,17H2,1-5H3;/q-2;+2/b20-19-,38-33?,40-21?,41-22?;. The third kappa shape index (κ3) is 6.66. The summed E-state index contributed by atoms with van der Waals surface area (Å²) in [5.41, 5.74) is 5.54. The molecule has 233 valence electrons. The van der Waals surface area contributed by atoms with Gasteiger partial charge in [-0.1, -0.05) is 112 Å². The van der Waals surface area contributed by atoms with E-state index in [4.69, 9.17) is 29.9 Å². The molecule has 0 saturated carbocycles. The van der Waals surface area contributed by atoms with Gasteiger partial charge in [-0.15, -0.1) is 0 Å². The van der Waals surface area contributed by atoms with Gasteiger partial charge >= 0.3 is 17.1 Å². The van der Waals surface area contributed by atoms with Gasteiger partial charge in [0.1, 0.15) is 0 Å². The first-order chi connectivity index (χ1) is 22.0. The van der Waals surface area contributed by atoms with E-state index in [0.29, 0.717) is 46.6 Å². The van der Waals surface area contributed by atoms with Crippen LogP contribution in [0.4, 0.5) is 5.82 Å². The maximum absolute atomic E-state index is 5.02. The molecule has 0 fully saturated rings. The molecule has 0 amide bonds. The number of benzene rings is 2. The zero-order valence-corrected chi connectivity index (χ0v) is 27.3. The molecule has 0 N–H and O–H groups in total. The minimum absolute atomic E-state index is 0. The molecule has 46 heavy (non-hydrogen) atoms. The van der Waals surface area contributed by atoms with Gasteiger partial charge in [0.15, 0.2) is 5.49 Å². The Morgan fingerprint density at radius 2 is 1.59 bits per heavy atom. The van der Waals surface area contributed by atoms with Gasteiger partial charge in [0.25, 0.3) is 0 Å². The van der Waals surface area contributed by atoms with Crippen LogP contribution in [0.2, 0.25) is 0 Å². The maximum Gasteiger partial charge on any atom is 2.00 e. The summed E-state index contributed by atoms with van der Waals surface area (Å²) in [7, 11) is 3.48. The molecule has 4 bridgehead atoms. The molecule has 9 heteroatoms. The van der Waals surface area contributed by atoms with E-state index < -0.39 is 0 Å². The van der Waals surface area contributed by atoms with Crippen LogP contribution in [0, 0.1) is 5.92 Å². The van der Waals surface area contributed by atoms with Crippen LogP contribution in [-0.4, -0.2) is 39.0 Å². The van der Waals surface area contributed by atoms with Crippen molar-refractivity contribution in [1.82, 2.24) is 29.9 Å². The van der Waals surface area contributed by atoms with Crippen LogP contribution in [0.25, 0.3) is 55.4 Å². The maximum atomic E-state index is 5.02. The average Bonchev–Trinajstić information content (AvgIpc) is 3.39. The van der Waals surface area contributed by atoms with Crippen molar-refractivity contribution in [1.29, 1.82) is 0 Å². The van der Waals surface area contributed by atoms with Gasteiger partial charge < -0.3 is 25.3 Å². The number of hydrogen-bond acceptors (Lipinski definition) is 6. The Bertz CT molecular complexity index is 2190. The van der Waals surface area contributed by atoms with Gasteiger partial charge in [0.2, 0.25) is 0 Å². The number of nitrogens with zero attached hydrogens (tertiary/aromatic N) is 8. The van der Waals surface area contributed by atoms with Gasteiger partial charge in [-0.3, -0.25) is 4.99 Å². The Kier molecular flexibility index (Phi) is 10.2. The molecule has 8 nitrogen and oxygen atoms in total. The topological polar surface area (TPSA) is 105 Å². The Hall–Kier alpha value is -4.98. The average molecular weight is 654 g/mol. The quantitative estimate of drug-likeness (QED) is 0.211. The van der Waals surface area contributed by atoms with Crippen LogP contribution in [0.5, 0.6) is 0 Å². The molecule has 0 atom stereocenters. The zero-order chi connectivity index (χ0) is 31.3. The van der Waals surface area contributed by atoms with E-state index in [9.17, 15) is 0 Å². The predicted molar refractivity (Wildman–Crippen MR) is 184 cm³/mol. The molecule has 6 rings (SSSR count). The third-order valence-corrected chi connectivity index (χ3v) is 7.62. The van der Waals surface area contributed by atoms with Gasteiger partial charge in [-0.05, 0) is 58.3 Å². The van der Waals surface area contributed by atoms with E-state index >= 15 is 0 Å². The number of aromatic nitrogens is 6. The smallest absolute Gasteiger partial charge is 0.468 e. The van der Waals surface area contributed by atoms with Crippen LogP contribution in [0.15, 0.2) is 96.3 Å². The summed E-state index contributed by atoms with van der Waals surface area (Å²) in [5.74, 6) is 2.01. The number of fused-ring (bicyclic) bond motifs is 9. The molecule has 2 aromatic heterocycles. The largest absolute Gasteiger partial charge is 2.00 e. The summed E-state index contributed by atoms with van der Waals surface area (Å²) in [6, 6.07) is 15.9. The molecule has 4 aromatic rings. The van der Waals surface area contributed by atoms with Crippen molar-refractivity contribution < 1.29 is 17.1 Å². The zero-order valence-electron chi connectivity index (χ0n) is 26.4. The molecule has 0 spiro atoms. The minimum Gasteiger partial charge on any atom is -0.468 e. The van der Waals surface area contributed by atoms with E-state index in [0.717, 1.165) is 43.8 Å². The second-order valence-electron chi connectivity index (χ2n) is 11.1. The van der Waals surface area contributed by atoms with Crippen molar-refractivity contribution in [3.8, 4) is 0 Å². The summed E-state index contributed by atoms with van der Waals surface area (Å²) in [6.45, 7) is 6.31. The summed E-state index contributed by atoms with van der Waals surface area (Å²) in [5, 5.41) is 8.02. The predicted octanol–water partition coefficient (Wildman–Crippen LogP) is 7.63. The first kappa shape index (κ1) is 32.4. The van der Waals surface area contributed by atoms with Crippen LogP contribution in [0.3, 0.4) is 0 Å². The first-order valence-corrected chi connectivity index (χ1v) is 15.0. The molecular formula is C37H34CuN8. The Balaban J connectivity index is 0.00000417. The molecular weight excluding hydrogens is 620 g/mol.